The lowest BCUT2D eigenvalue weighted by Crippen LogP contribution is -1.74. The Bertz CT molecular complexity index is 701. The lowest BCUT2D eigenvalue weighted by Gasteiger charge is -2.01. The molecule has 5 heteroatoms. The zero-order valence-electron chi connectivity index (χ0n) is 10.5. The summed E-state index contributed by atoms with van der Waals surface area (Å²) in [6, 6.07) is 15.1. The Hall–Kier alpha value is -0.700. The fourth-order valence-electron chi connectivity index (χ4n) is 2.04. The number of hydrogen-bond acceptors (Lipinski definition) is 1. The third-order valence-electron chi connectivity index (χ3n) is 2.90. The lowest BCUT2D eigenvalue weighted by molar-refractivity contribution is 1.68. The van der Waals surface area contributed by atoms with Gasteiger partial charge in [-0.25, -0.2) is 0 Å². The summed E-state index contributed by atoms with van der Waals surface area (Å²) < 4.78 is 0. The molecule has 0 aliphatic carbocycles. The van der Waals surface area contributed by atoms with E-state index < -0.39 is 0 Å². The highest BCUT2D eigenvalue weighted by Crippen LogP contribution is 2.38. The van der Waals surface area contributed by atoms with Gasteiger partial charge in [-0.05, 0) is 59.7 Å². The van der Waals surface area contributed by atoms with Gasteiger partial charge in [-0.3, -0.25) is 0 Å². The number of rotatable bonds is 2. The van der Waals surface area contributed by atoms with Crippen molar-refractivity contribution in [3.05, 3.63) is 68.6 Å². The van der Waals surface area contributed by atoms with Crippen LogP contribution in [0.2, 0.25) is 20.1 Å². The van der Waals surface area contributed by atoms with Gasteiger partial charge in [0.15, 0.2) is 0 Å². The molecule has 0 aliphatic rings. The average Bonchev–Trinajstić information content (AvgIpc) is 2.85. The molecule has 0 aliphatic heterocycles. The van der Waals surface area contributed by atoms with Crippen molar-refractivity contribution in [2.24, 2.45) is 0 Å². The monoisotopic (exact) mass is 372 g/mol. The van der Waals surface area contributed by atoms with Crippen LogP contribution in [0.3, 0.4) is 0 Å². The molecule has 1 heterocycles. The SMILES string of the molecule is Clc1cc(Cl)cc(-c2ccc(-c3cc(Cl)cc(Cl)c3)s2)c1. The molecular weight excluding hydrogens is 366 g/mol. The zero-order valence-corrected chi connectivity index (χ0v) is 14.4. The van der Waals surface area contributed by atoms with E-state index in [9.17, 15) is 0 Å². The summed E-state index contributed by atoms with van der Waals surface area (Å²) in [6.07, 6.45) is 0. The first-order chi connectivity index (χ1) is 10.0. The van der Waals surface area contributed by atoms with Crippen LogP contribution >= 0.6 is 57.7 Å². The molecule has 3 rings (SSSR count). The molecule has 0 bridgehead atoms. The standard InChI is InChI=1S/C16H8Cl4S/c17-11-3-9(4-12(18)7-11)15-1-2-16(21-15)10-5-13(19)8-14(20)6-10/h1-8H. The molecule has 0 amide bonds. The first-order valence-electron chi connectivity index (χ1n) is 6.04. The van der Waals surface area contributed by atoms with Gasteiger partial charge in [0.05, 0.1) is 0 Å². The molecule has 0 fully saturated rings. The highest BCUT2D eigenvalue weighted by atomic mass is 35.5. The smallest absolute Gasteiger partial charge is 0.0427 e. The minimum absolute atomic E-state index is 0.623. The highest BCUT2D eigenvalue weighted by Gasteiger charge is 2.08. The maximum absolute atomic E-state index is 6.05. The van der Waals surface area contributed by atoms with Crippen molar-refractivity contribution < 1.29 is 0 Å². The topological polar surface area (TPSA) is 0 Å². The fourth-order valence-corrected chi connectivity index (χ4v) is 4.07. The van der Waals surface area contributed by atoms with E-state index >= 15 is 0 Å². The largest absolute Gasteiger partial charge is 0.135 e. The fraction of sp³-hybridized carbons (Fsp3) is 0. The third kappa shape index (κ3) is 3.56. The second-order valence-corrected chi connectivity index (χ2v) is 7.31. The van der Waals surface area contributed by atoms with Crippen LogP contribution in [0.4, 0.5) is 0 Å². The summed E-state index contributed by atoms with van der Waals surface area (Å²) in [7, 11) is 0. The molecule has 0 saturated carbocycles. The van der Waals surface area contributed by atoms with Crippen molar-refractivity contribution in [3.8, 4) is 20.9 Å². The Labute approximate surface area is 146 Å². The molecular formula is C16H8Cl4S. The Balaban J connectivity index is 2.03. The summed E-state index contributed by atoms with van der Waals surface area (Å²) >= 11 is 25.8. The number of hydrogen-bond donors (Lipinski definition) is 0. The lowest BCUT2D eigenvalue weighted by atomic mass is 10.1. The molecule has 0 unspecified atom stereocenters. The van der Waals surface area contributed by atoms with Gasteiger partial charge in [-0.2, -0.15) is 0 Å². The second-order valence-electron chi connectivity index (χ2n) is 4.48. The van der Waals surface area contributed by atoms with Gasteiger partial charge in [-0.15, -0.1) is 11.3 Å². The van der Waals surface area contributed by atoms with Gasteiger partial charge in [0.1, 0.15) is 0 Å². The predicted octanol–water partition coefficient (Wildman–Crippen LogP) is 7.70. The average molecular weight is 374 g/mol. The Morgan fingerprint density at radius 2 is 0.857 bits per heavy atom. The summed E-state index contributed by atoms with van der Waals surface area (Å²) in [4.78, 5) is 2.18. The molecule has 2 aromatic carbocycles. The third-order valence-corrected chi connectivity index (χ3v) is 4.96. The van der Waals surface area contributed by atoms with Gasteiger partial charge >= 0.3 is 0 Å². The van der Waals surface area contributed by atoms with E-state index in [0.29, 0.717) is 20.1 Å². The van der Waals surface area contributed by atoms with Crippen LogP contribution in [0.5, 0.6) is 0 Å². The van der Waals surface area contributed by atoms with Crippen LogP contribution in [0.1, 0.15) is 0 Å². The van der Waals surface area contributed by atoms with E-state index in [4.69, 9.17) is 46.4 Å². The predicted molar refractivity (Wildman–Crippen MR) is 95.2 cm³/mol. The molecule has 21 heavy (non-hydrogen) atoms. The van der Waals surface area contributed by atoms with Crippen LogP contribution in [0.15, 0.2) is 48.5 Å². The summed E-state index contributed by atoms with van der Waals surface area (Å²) in [5, 5.41) is 2.49. The van der Waals surface area contributed by atoms with Crippen molar-refractivity contribution in [3.63, 3.8) is 0 Å². The first kappa shape index (κ1) is 15.2. The molecule has 0 atom stereocenters. The van der Waals surface area contributed by atoms with Gasteiger partial charge in [0, 0.05) is 29.8 Å². The van der Waals surface area contributed by atoms with E-state index in [1.54, 1.807) is 23.5 Å². The number of benzene rings is 2. The van der Waals surface area contributed by atoms with Crippen molar-refractivity contribution in [2.45, 2.75) is 0 Å². The number of thiophene rings is 1. The molecule has 106 valence electrons. The Morgan fingerprint density at radius 1 is 0.524 bits per heavy atom. The molecule has 0 N–H and O–H groups in total. The van der Waals surface area contributed by atoms with E-state index in [1.807, 2.05) is 36.4 Å². The number of halogens is 4. The van der Waals surface area contributed by atoms with Crippen LogP contribution in [0, 0.1) is 0 Å². The Kier molecular flexibility index (Phi) is 4.49. The maximum atomic E-state index is 6.05. The zero-order chi connectivity index (χ0) is 15.0. The second kappa shape index (κ2) is 6.20. The van der Waals surface area contributed by atoms with Crippen LogP contribution in [-0.2, 0) is 0 Å². The Morgan fingerprint density at radius 3 is 1.19 bits per heavy atom. The van der Waals surface area contributed by atoms with Crippen LogP contribution in [-0.4, -0.2) is 0 Å². The van der Waals surface area contributed by atoms with Crippen molar-refractivity contribution >= 4 is 57.7 Å². The molecule has 0 nitrogen and oxygen atoms in total. The van der Waals surface area contributed by atoms with E-state index in [0.717, 1.165) is 20.9 Å². The van der Waals surface area contributed by atoms with E-state index in [1.165, 1.54) is 0 Å². The molecule has 1 aromatic heterocycles. The van der Waals surface area contributed by atoms with E-state index in [-0.39, 0.29) is 0 Å². The summed E-state index contributed by atoms with van der Waals surface area (Å²) in [5.74, 6) is 0. The van der Waals surface area contributed by atoms with Gasteiger partial charge < -0.3 is 0 Å². The van der Waals surface area contributed by atoms with Gasteiger partial charge in [0.25, 0.3) is 0 Å². The van der Waals surface area contributed by atoms with Crippen molar-refractivity contribution in [1.29, 1.82) is 0 Å². The van der Waals surface area contributed by atoms with Gasteiger partial charge in [-0.1, -0.05) is 46.4 Å². The molecule has 3 aromatic rings. The quantitative estimate of drug-likeness (QED) is 0.431. The van der Waals surface area contributed by atoms with Crippen molar-refractivity contribution in [1.82, 2.24) is 0 Å². The minimum atomic E-state index is 0.623. The van der Waals surface area contributed by atoms with E-state index in [2.05, 4.69) is 0 Å². The minimum Gasteiger partial charge on any atom is -0.135 e. The first-order valence-corrected chi connectivity index (χ1v) is 8.37. The molecule has 0 radical (unpaired) electrons. The highest BCUT2D eigenvalue weighted by molar-refractivity contribution is 7.18. The molecule has 0 saturated heterocycles. The van der Waals surface area contributed by atoms with Gasteiger partial charge in [0.2, 0.25) is 0 Å². The maximum Gasteiger partial charge on any atom is 0.0427 e. The summed E-state index contributed by atoms with van der Waals surface area (Å²) in [6.45, 7) is 0. The van der Waals surface area contributed by atoms with Crippen LogP contribution in [0.25, 0.3) is 20.9 Å². The molecule has 0 spiro atoms. The van der Waals surface area contributed by atoms with Crippen LogP contribution < -0.4 is 0 Å². The van der Waals surface area contributed by atoms with Crippen molar-refractivity contribution in [2.75, 3.05) is 0 Å². The summed E-state index contributed by atoms with van der Waals surface area (Å²) in [5.41, 5.74) is 1.99. The normalized spacial score (nSPS) is 10.9.